The molecule has 0 amide bonds. The molecule has 1 aliphatic heterocycles. The van der Waals surface area contributed by atoms with Gasteiger partial charge in [0, 0.05) is 37.3 Å². The molecule has 0 unspecified atom stereocenters. The van der Waals surface area contributed by atoms with E-state index >= 15 is 0 Å². The Bertz CT molecular complexity index is 696. The summed E-state index contributed by atoms with van der Waals surface area (Å²) in [4.78, 5) is 14.7. The van der Waals surface area contributed by atoms with Crippen LogP contribution in [0.5, 0.6) is 0 Å². The van der Waals surface area contributed by atoms with Gasteiger partial charge in [0.25, 0.3) is 0 Å². The van der Waals surface area contributed by atoms with E-state index in [0.717, 1.165) is 31.7 Å². The second kappa shape index (κ2) is 9.17. The largest absolute Gasteiger partial charge is 0.399 e. The summed E-state index contributed by atoms with van der Waals surface area (Å²) >= 11 is 0. The second-order valence-electron chi connectivity index (χ2n) is 7.02. The molecule has 0 spiro atoms. The Morgan fingerprint density at radius 3 is 2.27 bits per heavy atom. The Morgan fingerprint density at radius 2 is 1.65 bits per heavy atom. The van der Waals surface area contributed by atoms with E-state index in [-0.39, 0.29) is 24.6 Å². The van der Waals surface area contributed by atoms with Crippen molar-refractivity contribution in [2.45, 2.75) is 31.3 Å². The molecule has 1 heterocycles. The highest BCUT2D eigenvalue weighted by Crippen LogP contribution is 2.27. The molecule has 3 N–H and O–H groups in total. The quantitative estimate of drug-likeness (QED) is 0.601. The molecule has 0 aliphatic carbocycles. The molecule has 1 saturated heterocycles. The summed E-state index contributed by atoms with van der Waals surface area (Å²) in [5.74, 6) is 0.0263. The number of carbonyl (C=O) groups excluding carboxylic acids is 1. The van der Waals surface area contributed by atoms with Crippen LogP contribution in [0.2, 0.25) is 0 Å². The zero-order chi connectivity index (χ0) is 17.7. The lowest BCUT2D eigenvalue weighted by molar-refractivity contribution is -0.0221. The van der Waals surface area contributed by atoms with Gasteiger partial charge in [-0.25, -0.2) is 0 Å². The number of aliphatic hydroxyl groups is 1. The zero-order valence-corrected chi connectivity index (χ0v) is 15.8. The molecule has 0 radical (unpaired) electrons. The number of anilines is 1. The number of nitrogen functional groups attached to an aromatic ring is 1. The molecule has 4 nitrogen and oxygen atoms in total. The minimum absolute atomic E-state index is 0. The van der Waals surface area contributed by atoms with Gasteiger partial charge in [0.15, 0.2) is 5.78 Å². The number of nitrogens with zero attached hydrogens (tertiary/aromatic N) is 1. The molecule has 0 atom stereocenters. The van der Waals surface area contributed by atoms with E-state index in [1.807, 2.05) is 42.5 Å². The molecule has 0 saturated carbocycles. The number of halogens is 1. The molecule has 1 fully saturated rings. The van der Waals surface area contributed by atoms with E-state index in [0.29, 0.717) is 18.4 Å². The minimum Gasteiger partial charge on any atom is -0.399 e. The van der Waals surface area contributed by atoms with Gasteiger partial charge in [-0.2, -0.15) is 0 Å². The second-order valence-corrected chi connectivity index (χ2v) is 7.02. The van der Waals surface area contributed by atoms with Gasteiger partial charge >= 0.3 is 0 Å². The van der Waals surface area contributed by atoms with Crippen molar-refractivity contribution in [3.8, 4) is 0 Å². The van der Waals surface area contributed by atoms with Crippen molar-refractivity contribution >= 4 is 23.9 Å². The lowest BCUT2D eigenvalue weighted by Gasteiger charge is -2.38. The van der Waals surface area contributed by atoms with Crippen LogP contribution in [-0.2, 0) is 6.42 Å². The highest BCUT2D eigenvalue weighted by atomic mass is 35.5. The highest BCUT2D eigenvalue weighted by Gasteiger charge is 2.34. The predicted octanol–water partition coefficient (Wildman–Crippen LogP) is 3.33. The number of ketones is 1. The van der Waals surface area contributed by atoms with Gasteiger partial charge in [-0.1, -0.05) is 42.5 Å². The van der Waals surface area contributed by atoms with Gasteiger partial charge in [0.1, 0.15) is 0 Å². The number of carbonyl (C=O) groups is 1. The fraction of sp³-hybridized carbons (Fsp3) is 0.381. The molecule has 26 heavy (non-hydrogen) atoms. The molecular weight excluding hydrogens is 348 g/mol. The summed E-state index contributed by atoms with van der Waals surface area (Å²) in [6, 6.07) is 17.2. The Kier molecular flexibility index (Phi) is 7.21. The van der Waals surface area contributed by atoms with Crippen LogP contribution in [0.1, 0.15) is 35.2 Å². The summed E-state index contributed by atoms with van der Waals surface area (Å²) in [6.45, 7) is 2.62. The van der Waals surface area contributed by atoms with Crippen molar-refractivity contribution < 1.29 is 9.90 Å². The van der Waals surface area contributed by atoms with Gasteiger partial charge in [-0.05, 0) is 37.0 Å². The van der Waals surface area contributed by atoms with Crippen molar-refractivity contribution in [3.63, 3.8) is 0 Å². The zero-order valence-electron chi connectivity index (χ0n) is 14.9. The first-order valence-electron chi connectivity index (χ1n) is 8.91. The summed E-state index contributed by atoms with van der Waals surface area (Å²) in [6.07, 6.45) is 2.48. The van der Waals surface area contributed by atoms with Crippen molar-refractivity contribution in [1.82, 2.24) is 4.90 Å². The van der Waals surface area contributed by atoms with Gasteiger partial charge in [-0.3, -0.25) is 4.79 Å². The number of Topliss-reactive ketones (excluding diaryl/α,β-unsaturated/α-hetero) is 1. The summed E-state index contributed by atoms with van der Waals surface area (Å²) in [5, 5.41) is 10.8. The van der Waals surface area contributed by atoms with Crippen LogP contribution in [0.15, 0.2) is 54.6 Å². The topological polar surface area (TPSA) is 66.6 Å². The maximum atomic E-state index is 12.4. The molecule has 5 heteroatoms. The number of hydrogen-bond acceptors (Lipinski definition) is 4. The van der Waals surface area contributed by atoms with Crippen molar-refractivity contribution in [3.05, 3.63) is 65.7 Å². The van der Waals surface area contributed by atoms with Crippen LogP contribution in [0, 0.1) is 0 Å². The predicted molar refractivity (Wildman–Crippen MR) is 108 cm³/mol. The highest BCUT2D eigenvalue weighted by molar-refractivity contribution is 5.96. The molecule has 1 aliphatic rings. The Morgan fingerprint density at radius 1 is 1.04 bits per heavy atom. The Hall–Kier alpha value is -1.88. The van der Waals surface area contributed by atoms with Crippen LogP contribution >= 0.6 is 12.4 Å². The number of benzene rings is 2. The molecule has 2 aromatic rings. The lowest BCUT2D eigenvalue weighted by atomic mass is 9.85. The Labute approximate surface area is 161 Å². The first-order valence-corrected chi connectivity index (χ1v) is 8.91. The summed E-state index contributed by atoms with van der Waals surface area (Å²) < 4.78 is 0. The van der Waals surface area contributed by atoms with Gasteiger partial charge in [0.05, 0.1) is 5.60 Å². The van der Waals surface area contributed by atoms with Crippen LogP contribution < -0.4 is 5.73 Å². The van der Waals surface area contributed by atoms with E-state index in [9.17, 15) is 9.90 Å². The maximum absolute atomic E-state index is 12.4. The van der Waals surface area contributed by atoms with Crippen LogP contribution in [0.25, 0.3) is 0 Å². The van der Waals surface area contributed by atoms with Gasteiger partial charge < -0.3 is 15.7 Å². The van der Waals surface area contributed by atoms with Crippen LogP contribution in [-0.4, -0.2) is 41.0 Å². The number of hydrogen-bond donors (Lipinski definition) is 2. The molecular formula is C21H27ClN2O2. The van der Waals surface area contributed by atoms with E-state index in [4.69, 9.17) is 5.73 Å². The average Bonchev–Trinajstić information content (AvgIpc) is 2.63. The smallest absolute Gasteiger partial charge is 0.165 e. The normalized spacial score (nSPS) is 16.7. The maximum Gasteiger partial charge on any atom is 0.165 e. The van der Waals surface area contributed by atoms with E-state index in [2.05, 4.69) is 17.0 Å². The first kappa shape index (κ1) is 20.4. The standard InChI is InChI=1S/C21H26N2O2.ClH/c22-19-8-6-17(7-9-19)10-13-23-14-11-21(25,12-15-23)16-20(24)18-4-2-1-3-5-18;/h1-9,25H,10-16,22H2;1H. The van der Waals surface area contributed by atoms with Crippen molar-refractivity contribution in [1.29, 1.82) is 0 Å². The third kappa shape index (κ3) is 5.56. The van der Waals surface area contributed by atoms with Gasteiger partial charge in [0.2, 0.25) is 0 Å². The molecule has 2 aromatic carbocycles. The third-order valence-electron chi connectivity index (χ3n) is 5.07. The lowest BCUT2D eigenvalue weighted by Crippen LogP contribution is -2.46. The molecule has 140 valence electrons. The fourth-order valence-electron chi connectivity index (χ4n) is 3.37. The number of rotatable bonds is 6. The van der Waals surface area contributed by atoms with E-state index in [1.54, 1.807) is 0 Å². The van der Waals surface area contributed by atoms with Crippen molar-refractivity contribution in [2.24, 2.45) is 0 Å². The number of piperidine rings is 1. The van der Waals surface area contributed by atoms with Gasteiger partial charge in [-0.15, -0.1) is 12.4 Å². The molecule has 0 aromatic heterocycles. The number of likely N-dealkylation sites (tertiary alicyclic amines) is 1. The monoisotopic (exact) mass is 374 g/mol. The summed E-state index contributed by atoms with van der Waals surface area (Å²) in [5.41, 5.74) is 7.58. The van der Waals surface area contributed by atoms with E-state index < -0.39 is 5.60 Å². The molecule has 3 rings (SSSR count). The van der Waals surface area contributed by atoms with Crippen LogP contribution in [0.4, 0.5) is 5.69 Å². The Balaban J connectivity index is 0.00000243. The van der Waals surface area contributed by atoms with E-state index in [1.165, 1.54) is 5.56 Å². The summed E-state index contributed by atoms with van der Waals surface area (Å²) in [7, 11) is 0. The SMILES string of the molecule is Cl.Nc1ccc(CCN2CCC(O)(CC(=O)c3ccccc3)CC2)cc1. The first-order chi connectivity index (χ1) is 12.0. The fourth-order valence-corrected chi connectivity index (χ4v) is 3.37. The average molecular weight is 375 g/mol. The minimum atomic E-state index is -0.870. The molecule has 0 bridgehead atoms. The number of nitrogens with two attached hydrogens (primary N) is 1. The third-order valence-corrected chi connectivity index (χ3v) is 5.07. The van der Waals surface area contributed by atoms with Crippen LogP contribution in [0.3, 0.4) is 0 Å². The van der Waals surface area contributed by atoms with Crippen molar-refractivity contribution in [2.75, 3.05) is 25.4 Å².